The van der Waals surface area contributed by atoms with E-state index in [1.54, 1.807) is 24.3 Å². The van der Waals surface area contributed by atoms with Crippen molar-refractivity contribution < 1.29 is 13.2 Å². The molecule has 0 spiro atoms. The van der Waals surface area contributed by atoms with Gasteiger partial charge in [0.05, 0.1) is 5.39 Å². The van der Waals surface area contributed by atoms with Crippen LogP contribution in [0.2, 0.25) is 0 Å². The third-order valence-electron chi connectivity index (χ3n) is 4.78. The molecular weight excluding hydrogens is 418 g/mol. The zero-order chi connectivity index (χ0) is 20.8. The number of hydrogen-bond acceptors (Lipinski definition) is 7. The monoisotopic (exact) mass is 435 g/mol. The molecule has 4 rings (SSSR count). The van der Waals surface area contributed by atoms with Crippen LogP contribution in [0.1, 0.15) is 16.2 Å². The first kappa shape index (κ1) is 19.5. The van der Waals surface area contributed by atoms with E-state index in [0.29, 0.717) is 27.8 Å². The Hall–Kier alpha value is -2.83. The first-order valence-corrected chi connectivity index (χ1v) is 11.0. The van der Waals surface area contributed by atoms with Crippen molar-refractivity contribution in [2.45, 2.75) is 11.1 Å². The molecule has 10 nitrogen and oxygen atoms in total. The third kappa shape index (κ3) is 3.39. The lowest BCUT2D eigenvalue weighted by atomic mass is 10.1. The smallest absolute Gasteiger partial charge is 0.305 e. The van der Waals surface area contributed by atoms with Gasteiger partial charge in [-0.1, -0.05) is 29.5 Å². The van der Waals surface area contributed by atoms with Crippen LogP contribution in [-0.4, -0.2) is 64.9 Å². The van der Waals surface area contributed by atoms with Gasteiger partial charge in [0.2, 0.25) is 0 Å². The molecule has 0 atom stereocenters. The predicted octanol–water partition coefficient (Wildman–Crippen LogP) is 0.128. The number of nitrogens with one attached hydrogen (secondary N) is 2. The fourth-order valence-electron chi connectivity index (χ4n) is 3.31. The summed E-state index contributed by atoms with van der Waals surface area (Å²) in [5.74, 6) is -0.378. The van der Waals surface area contributed by atoms with Crippen LogP contribution in [0.5, 0.6) is 0 Å². The van der Waals surface area contributed by atoms with Gasteiger partial charge in [-0.15, -0.1) is 0 Å². The van der Waals surface area contributed by atoms with Crippen molar-refractivity contribution in [3.8, 4) is 0 Å². The summed E-state index contributed by atoms with van der Waals surface area (Å²) in [5.41, 5.74) is 0.0487. The van der Waals surface area contributed by atoms with Crippen molar-refractivity contribution in [1.29, 1.82) is 0 Å². The molecule has 1 saturated heterocycles. The molecule has 1 fully saturated rings. The number of H-pyrrole nitrogens is 2. The van der Waals surface area contributed by atoms with E-state index in [2.05, 4.69) is 15.2 Å². The van der Waals surface area contributed by atoms with Crippen molar-refractivity contribution in [2.24, 2.45) is 0 Å². The molecule has 3 aromatic rings. The zero-order valence-corrected chi connectivity index (χ0v) is 17.0. The van der Waals surface area contributed by atoms with Crippen molar-refractivity contribution in [3.63, 3.8) is 0 Å². The maximum Gasteiger partial charge on any atom is 0.305 e. The van der Waals surface area contributed by atoms with Crippen molar-refractivity contribution in [2.75, 3.05) is 26.2 Å². The largest absolute Gasteiger partial charge is 0.335 e. The Morgan fingerprint density at radius 3 is 2.38 bits per heavy atom. The Morgan fingerprint density at radius 2 is 1.76 bits per heavy atom. The van der Waals surface area contributed by atoms with E-state index < -0.39 is 14.9 Å². The summed E-state index contributed by atoms with van der Waals surface area (Å²) in [4.78, 5) is 39.9. The normalized spacial score (nSPS) is 15.7. The second-order valence-corrected chi connectivity index (χ2v) is 9.69. The predicted molar refractivity (Wildman–Crippen MR) is 107 cm³/mol. The first-order valence-electron chi connectivity index (χ1n) is 8.75. The lowest BCUT2D eigenvalue weighted by Gasteiger charge is -2.33. The molecule has 2 N–H and O–H groups in total. The number of hydrogen-bond donors (Lipinski definition) is 2. The molecule has 2 aromatic heterocycles. The number of carbonyl (C=O) groups excluding carboxylic acids is 1. The highest BCUT2D eigenvalue weighted by molar-refractivity contribution is 7.91. The number of thiazole rings is 1. The number of rotatable bonds is 3. The molecule has 1 aliphatic heterocycles. The highest BCUT2D eigenvalue weighted by Crippen LogP contribution is 2.23. The summed E-state index contributed by atoms with van der Waals surface area (Å²) in [6.45, 7) is 2.08. The van der Waals surface area contributed by atoms with Gasteiger partial charge in [0.25, 0.3) is 21.5 Å². The average Bonchev–Trinajstić information content (AvgIpc) is 3.07. The molecule has 0 bridgehead atoms. The van der Waals surface area contributed by atoms with Gasteiger partial charge < -0.3 is 9.88 Å². The molecule has 1 aliphatic rings. The topological polar surface area (TPSA) is 136 Å². The summed E-state index contributed by atoms with van der Waals surface area (Å²) < 4.78 is 26.9. The van der Waals surface area contributed by atoms with Crippen LogP contribution >= 0.6 is 11.3 Å². The molecule has 29 heavy (non-hydrogen) atoms. The Labute approximate surface area is 168 Å². The molecular formula is C17H17N5O5S2. The second kappa shape index (κ2) is 7.21. The molecule has 152 valence electrons. The van der Waals surface area contributed by atoms with Gasteiger partial charge in [-0.25, -0.2) is 13.5 Å². The molecule has 0 aliphatic carbocycles. The van der Waals surface area contributed by atoms with Gasteiger partial charge >= 0.3 is 4.87 Å². The average molecular weight is 435 g/mol. The van der Waals surface area contributed by atoms with E-state index in [1.807, 2.05) is 0 Å². The third-order valence-corrected chi connectivity index (χ3v) is 8.26. The summed E-state index contributed by atoms with van der Waals surface area (Å²) in [5, 5.41) is 7.06. The Balaban J connectivity index is 1.55. The van der Waals surface area contributed by atoms with Crippen LogP contribution in [0, 0.1) is 6.92 Å². The summed E-state index contributed by atoms with van der Waals surface area (Å²) >= 11 is 0.657. The van der Waals surface area contributed by atoms with Crippen LogP contribution in [0.25, 0.3) is 10.8 Å². The van der Waals surface area contributed by atoms with Crippen LogP contribution in [0.3, 0.4) is 0 Å². The van der Waals surface area contributed by atoms with Gasteiger partial charge in [-0.3, -0.25) is 14.4 Å². The van der Waals surface area contributed by atoms with Crippen LogP contribution in [0.15, 0.2) is 38.1 Å². The second-order valence-electron chi connectivity index (χ2n) is 6.57. The van der Waals surface area contributed by atoms with Crippen LogP contribution < -0.4 is 10.4 Å². The lowest BCUT2D eigenvalue weighted by molar-refractivity contribution is 0.0693. The van der Waals surface area contributed by atoms with E-state index in [1.165, 1.54) is 16.1 Å². The van der Waals surface area contributed by atoms with E-state index >= 15 is 0 Å². The number of aromatic amines is 2. The summed E-state index contributed by atoms with van der Waals surface area (Å²) in [7, 11) is -3.81. The Kier molecular flexibility index (Phi) is 4.84. The first-order chi connectivity index (χ1) is 13.8. The molecule has 1 amide bonds. The van der Waals surface area contributed by atoms with Gasteiger partial charge in [-0.2, -0.15) is 9.40 Å². The van der Waals surface area contributed by atoms with Gasteiger partial charge in [0.15, 0.2) is 9.90 Å². The number of fused-ring (bicyclic) bond motifs is 1. The van der Waals surface area contributed by atoms with Crippen molar-refractivity contribution in [3.05, 3.63) is 55.7 Å². The molecule has 1 aromatic carbocycles. The molecule has 3 heterocycles. The fourth-order valence-corrected chi connectivity index (χ4v) is 6.17. The minimum Gasteiger partial charge on any atom is -0.335 e. The number of aryl methyl sites for hydroxylation is 1. The standard InChI is InChI=1S/C17H17N5O5S2/c1-10-16(28-17(25)18-10)29(26,27)22-8-6-21(7-9-22)15(24)13-11-4-2-3-5-12(11)14(23)20-19-13/h2-5H,6-9H2,1H3,(H,18,25)(H,20,23). The maximum atomic E-state index is 12.9. The molecule has 0 unspecified atom stereocenters. The SMILES string of the molecule is Cc1[nH]c(=O)sc1S(=O)(=O)N1CCN(C(=O)c2n[nH]c(=O)c3ccccc23)CC1. The fraction of sp³-hybridized carbons (Fsp3) is 0.294. The highest BCUT2D eigenvalue weighted by atomic mass is 32.2. The minimum absolute atomic E-state index is 0.00410. The number of benzene rings is 1. The van der Waals surface area contributed by atoms with Crippen LogP contribution in [0.4, 0.5) is 0 Å². The van der Waals surface area contributed by atoms with E-state index in [-0.39, 0.29) is 47.5 Å². The maximum absolute atomic E-state index is 12.9. The Morgan fingerprint density at radius 1 is 1.10 bits per heavy atom. The van der Waals surface area contributed by atoms with Gasteiger partial charge in [0, 0.05) is 37.3 Å². The van der Waals surface area contributed by atoms with Crippen molar-refractivity contribution >= 4 is 38.0 Å². The van der Waals surface area contributed by atoms with E-state index in [4.69, 9.17) is 0 Å². The zero-order valence-electron chi connectivity index (χ0n) is 15.3. The lowest BCUT2D eigenvalue weighted by Crippen LogP contribution is -2.50. The number of amides is 1. The number of sulfonamides is 1. The quantitative estimate of drug-likeness (QED) is 0.600. The van der Waals surface area contributed by atoms with Crippen LogP contribution in [-0.2, 0) is 10.0 Å². The van der Waals surface area contributed by atoms with E-state index in [0.717, 1.165) is 0 Å². The van der Waals surface area contributed by atoms with E-state index in [9.17, 15) is 22.8 Å². The number of carbonyl (C=O) groups is 1. The summed E-state index contributed by atoms with van der Waals surface area (Å²) in [6.07, 6.45) is 0. The van der Waals surface area contributed by atoms with Gasteiger partial charge in [0.1, 0.15) is 0 Å². The molecule has 12 heteroatoms. The van der Waals surface area contributed by atoms with Gasteiger partial charge in [-0.05, 0) is 13.0 Å². The number of nitrogens with zero attached hydrogens (tertiary/aromatic N) is 3. The molecule has 0 radical (unpaired) electrons. The highest BCUT2D eigenvalue weighted by Gasteiger charge is 2.33. The minimum atomic E-state index is -3.81. The number of piperazine rings is 1. The molecule has 0 saturated carbocycles. The van der Waals surface area contributed by atoms with Crippen molar-refractivity contribution in [1.82, 2.24) is 24.4 Å². The number of aromatic nitrogens is 3. The summed E-state index contributed by atoms with van der Waals surface area (Å²) in [6, 6.07) is 6.69. The Bertz CT molecular complexity index is 1320.